The van der Waals surface area contributed by atoms with Crippen LogP contribution in [0.25, 0.3) is 0 Å². The Morgan fingerprint density at radius 1 is 1.19 bits per heavy atom. The molecule has 140 valence electrons. The second kappa shape index (κ2) is 9.46. The lowest BCUT2D eigenvalue weighted by Crippen LogP contribution is -2.43. The van der Waals surface area contributed by atoms with Gasteiger partial charge in [0.05, 0.1) is 0 Å². The maximum atomic E-state index is 12.4. The zero-order valence-electron chi connectivity index (χ0n) is 15.2. The molecule has 26 heavy (non-hydrogen) atoms. The van der Waals surface area contributed by atoms with E-state index in [0.29, 0.717) is 16.5 Å². The van der Waals surface area contributed by atoms with Gasteiger partial charge < -0.3 is 19.5 Å². The van der Waals surface area contributed by atoms with Gasteiger partial charge >= 0.3 is 0 Å². The Morgan fingerprint density at radius 2 is 1.88 bits per heavy atom. The number of aliphatic hydroxyl groups is 1. The molecule has 1 N–H and O–H groups in total. The van der Waals surface area contributed by atoms with Crippen molar-refractivity contribution in [2.75, 3.05) is 20.2 Å². The number of hydrogen-bond donors (Lipinski definition) is 1. The molecule has 0 unspecified atom stereocenters. The molecule has 2 aromatic carbocycles. The van der Waals surface area contributed by atoms with Gasteiger partial charge in [-0.2, -0.15) is 0 Å². The van der Waals surface area contributed by atoms with Gasteiger partial charge in [-0.25, -0.2) is 0 Å². The van der Waals surface area contributed by atoms with Crippen molar-refractivity contribution in [3.8, 4) is 11.5 Å². The third kappa shape index (κ3) is 5.93. The second-order valence-corrected chi connectivity index (χ2v) is 6.57. The van der Waals surface area contributed by atoms with E-state index in [1.54, 1.807) is 44.3 Å². The molecule has 0 spiro atoms. The minimum atomic E-state index is -0.816. The molecule has 2 aromatic rings. The van der Waals surface area contributed by atoms with E-state index >= 15 is 0 Å². The summed E-state index contributed by atoms with van der Waals surface area (Å²) in [6.07, 6.45) is -1.46. The quantitative estimate of drug-likeness (QED) is 0.766. The van der Waals surface area contributed by atoms with Crippen LogP contribution in [0.5, 0.6) is 11.5 Å². The van der Waals surface area contributed by atoms with Gasteiger partial charge in [-0.1, -0.05) is 29.8 Å². The summed E-state index contributed by atoms with van der Waals surface area (Å²) in [7, 11) is 1.63. The summed E-state index contributed by atoms with van der Waals surface area (Å²) in [5.41, 5.74) is 0.901. The molecule has 0 fully saturated rings. The highest BCUT2D eigenvalue weighted by atomic mass is 35.5. The van der Waals surface area contributed by atoms with Gasteiger partial charge in [-0.05, 0) is 49.7 Å². The molecule has 0 heterocycles. The third-order valence-electron chi connectivity index (χ3n) is 3.84. The van der Waals surface area contributed by atoms with Crippen molar-refractivity contribution in [2.45, 2.75) is 26.1 Å². The fourth-order valence-corrected chi connectivity index (χ4v) is 2.54. The van der Waals surface area contributed by atoms with Gasteiger partial charge in [0.2, 0.25) is 0 Å². The van der Waals surface area contributed by atoms with Crippen LogP contribution in [0.15, 0.2) is 48.5 Å². The van der Waals surface area contributed by atoms with Crippen LogP contribution in [0.2, 0.25) is 5.02 Å². The minimum absolute atomic E-state index is 0.0760. The Hall–Kier alpha value is -2.24. The summed E-state index contributed by atoms with van der Waals surface area (Å²) in [5, 5.41) is 10.8. The number of aryl methyl sites for hydroxylation is 1. The molecule has 0 aliphatic rings. The predicted octanol–water partition coefficient (Wildman–Crippen LogP) is 3.31. The first-order chi connectivity index (χ1) is 12.4. The number of nitrogens with zero attached hydrogens (tertiary/aromatic N) is 1. The number of rotatable bonds is 8. The van der Waals surface area contributed by atoms with Gasteiger partial charge in [0.1, 0.15) is 24.2 Å². The van der Waals surface area contributed by atoms with Crippen LogP contribution in [0, 0.1) is 6.92 Å². The zero-order valence-corrected chi connectivity index (χ0v) is 15.9. The van der Waals surface area contributed by atoms with E-state index in [4.69, 9.17) is 21.1 Å². The topological polar surface area (TPSA) is 59.0 Å². The Bertz CT molecular complexity index is 723. The number of carbonyl (C=O) groups is 1. The molecule has 2 atom stereocenters. The largest absolute Gasteiger partial charge is 0.491 e. The predicted molar refractivity (Wildman–Crippen MR) is 102 cm³/mol. The number of likely N-dealkylation sites (N-methyl/N-ethyl adjacent to an activating group) is 1. The van der Waals surface area contributed by atoms with Crippen molar-refractivity contribution in [1.82, 2.24) is 4.90 Å². The monoisotopic (exact) mass is 377 g/mol. The van der Waals surface area contributed by atoms with Crippen LogP contribution in [0.1, 0.15) is 12.5 Å². The number of para-hydroxylation sites is 1. The van der Waals surface area contributed by atoms with Gasteiger partial charge in [0.15, 0.2) is 6.10 Å². The highest BCUT2D eigenvalue weighted by Gasteiger charge is 2.21. The third-order valence-corrected chi connectivity index (χ3v) is 4.26. The molecule has 2 rings (SSSR count). The van der Waals surface area contributed by atoms with Gasteiger partial charge in [-0.15, -0.1) is 0 Å². The number of carbonyl (C=O) groups excluding carboxylic acids is 1. The molecule has 5 nitrogen and oxygen atoms in total. The molecular weight excluding hydrogens is 354 g/mol. The lowest BCUT2D eigenvalue weighted by molar-refractivity contribution is -0.138. The van der Waals surface area contributed by atoms with Crippen molar-refractivity contribution < 1.29 is 19.4 Å². The fourth-order valence-electron chi connectivity index (χ4n) is 2.42. The summed E-state index contributed by atoms with van der Waals surface area (Å²) >= 11 is 5.97. The van der Waals surface area contributed by atoms with E-state index in [9.17, 15) is 9.90 Å². The first kappa shape index (κ1) is 20.1. The molecule has 0 aliphatic carbocycles. The Kier molecular flexibility index (Phi) is 7.30. The number of benzene rings is 2. The maximum Gasteiger partial charge on any atom is 0.263 e. The van der Waals surface area contributed by atoms with Crippen LogP contribution in [-0.2, 0) is 4.79 Å². The van der Waals surface area contributed by atoms with Crippen LogP contribution < -0.4 is 9.47 Å². The fraction of sp³-hybridized carbons (Fsp3) is 0.350. The van der Waals surface area contributed by atoms with Crippen LogP contribution in [0.3, 0.4) is 0 Å². The maximum absolute atomic E-state index is 12.4. The van der Waals surface area contributed by atoms with Crippen molar-refractivity contribution >= 4 is 17.5 Å². The lowest BCUT2D eigenvalue weighted by atomic mass is 10.2. The molecular formula is C20H24ClNO4. The number of ether oxygens (including phenoxy) is 2. The molecule has 0 bridgehead atoms. The Balaban J connectivity index is 1.80. The SMILES string of the molecule is Cc1cc(OC[C@@H](O)CN(C)C(=O)[C@H](C)Oc2ccccc2)ccc1Cl. The lowest BCUT2D eigenvalue weighted by Gasteiger charge is -2.24. The standard InChI is InChI=1S/C20H24ClNO4/c1-14-11-18(9-10-19(14)21)25-13-16(23)12-22(3)20(24)15(2)26-17-7-5-4-6-8-17/h4-11,15-16,23H,12-13H2,1-3H3/t15-,16-/m0/s1. The summed E-state index contributed by atoms with van der Waals surface area (Å²) < 4.78 is 11.2. The minimum Gasteiger partial charge on any atom is -0.491 e. The summed E-state index contributed by atoms with van der Waals surface area (Å²) in [5.74, 6) is 1.04. The normalized spacial score (nSPS) is 13.0. The molecule has 0 saturated carbocycles. The second-order valence-electron chi connectivity index (χ2n) is 6.17. The van der Waals surface area contributed by atoms with Crippen molar-refractivity contribution in [3.05, 3.63) is 59.1 Å². The Morgan fingerprint density at radius 3 is 2.54 bits per heavy atom. The van der Waals surface area contributed by atoms with Gasteiger partial charge in [0, 0.05) is 18.6 Å². The number of halogens is 1. The summed E-state index contributed by atoms with van der Waals surface area (Å²) in [4.78, 5) is 13.8. The van der Waals surface area contributed by atoms with Crippen molar-refractivity contribution in [2.24, 2.45) is 0 Å². The van der Waals surface area contributed by atoms with Crippen LogP contribution in [-0.4, -0.2) is 48.3 Å². The molecule has 1 amide bonds. The molecule has 0 radical (unpaired) electrons. The average molecular weight is 378 g/mol. The molecule has 0 saturated heterocycles. The average Bonchev–Trinajstić information content (AvgIpc) is 2.62. The number of aliphatic hydroxyl groups excluding tert-OH is 1. The zero-order chi connectivity index (χ0) is 19.1. The van der Waals surface area contributed by atoms with Crippen molar-refractivity contribution in [3.63, 3.8) is 0 Å². The highest BCUT2D eigenvalue weighted by Crippen LogP contribution is 2.21. The van der Waals surface area contributed by atoms with E-state index in [2.05, 4.69) is 0 Å². The first-order valence-electron chi connectivity index (χ1n) is 8.40. The van der Waals surface area contributed by atoms with E-state index in [0.717, 1.165) is 5.56 Å². The summed E-state index contributed by atoms with van der Waals surface area (Å²) in [6.45, 7) is 3.79. The van der Waals surface area contributed by atoms with Crippen LogP contribution >= 0.6 is 11.6 Å². The van der Waals surface area contributed by atoms with Gasteiger partial charge in [0.25, 0.3) is 5.91 Å². The first-order valence-corrected chi connectivity index (χ1v) is 8.78. The molecule has 0 aromatic heterocycles. The van der Waals surface area contributed by atoms with E-state index < -0.39 is 12.2 Å². The molecule has 0 aliphatic heterocycles. The molecule has 6 heteroatoms. The van der Waals surface area contributed by atoms with Gasteiger partial charge in [-0.3, -0.25) is 4.79 Å². The highest BCUT2D eigenvalue weighted by molar-refractivity contribution is 6.31. The van der Waals surface area contributed by atoms with Crippen molar-refractivity contribution in [1.29, 1.82) is 0 Å². The number of hydrogen-bond acceptors (Lipinski definition) is 4. The van der Waals surface area contributed by atoms with Crippen LogP contribution in [0.4, 0.5) is 0 Å². The Labute approximate surface area is 159 Å². The van der Waals surface area contributed by atoms with E-state index in [-0.39, 0.29) is 19.1 Å². The summed E-state index contributed by atoms with van der Waals surface area (Å²) in [6, 6.07) is 14.4. The smallest absolute Gasteiger partial charge is 0.263 e. The van der Waals surface area contributed by atoms with E-state index in [1.807, 2.05) is 25.1 Å². The number of amides is 1. The van der Waals surface area contributed by atoms with E-state index in [1.165, 1.54) is 4.90 Å².